The Bertz CT molecular complexity index is 765. The molecule has 1 heterocycles. The van der Waals surface area contributed by atoms with Crippen molar-refractivity contribution in [3.63, 3.8) is 0 Å². The summed E-state index contributed by atoms with van der Waals surface area (Å²) in [4.78, 5) is 12.3. The first-order chi connectivity index (χ1) is 12.8. The molecule has 0 saturated heterocycles. The lowest BCUT2D eigenvalue weighted by molar-refractivity contribution is -0.0493. The smallest absolute Gasteiger partial charge is 0.387 e. The molecule has 0 radical (unpaired) electrons. The van der Waals surface area contributed by atoms with Gasteiger partial charge in [-0.3, -0.25) is 4.68 Å². The number of nitrogens with one attached hydrogen (secondary N) is 2. The van der Waals surface area contributed by atoms with Crippen LogP contribution in [-0.4, -0.2) is 36.1 Å². The first kappa shape index (κ1) is 20.5. The number of benzene rings is 1. The zero-order valence-corrected chi connectivity index (χ0v) is 15.7. The summed E-state index contributed by atoms with van der Waals surface area (Å²) in [6, 6.07) is 5.57. The van der Waals surface area contributed by atoms with Crippen molar-refractivity contribution >= 4 is 11.7 Å². The molecule has 2 amide bonds. The van der Waals surface area contributed by atoms with Crippen LogP contribution in [0.5, 0.6) is 11.5 Å². The van der Waals surface area contributed by atoms with E-state index in [1.54, 1.807) is 10.9 Å². The standard InChI is InChI=1S/C18H24F2N4O3/c1-11(2)13(15-7-8-22-24(15)3)10-21-18(25)23-14-9-12(26-4)5-6-16(14)27-17(19)20/h5-9,11,13,17H,10H2,1-4H3,(H2,21,23,25)/t13-/m0/s1. The summed E-state index contributed by atoms with van der Waals surface area (Å²) >= 11 is 0. The van der Waals surface area contributed by atoms with Gasteiger partial charge in [-0.1, -0.05) is 13.8 Å². The van der Waals surface area contributed by atoms with E-state index in [-0.39, 0.29) is 23.3 Å². The Morgan fingerprint density at radius 3 is 2.59 bits per heavy atom. The van der Waals surface area contributed by atoms with E-state index in [1.807, 2.05) is 27.0 Å². The summed E-state index contributed by atoms with van der Waals surface area (Å²) in [6.07, 6.45) is 1.70. The lowest BCUT2D eigenvalue weighted by Gasteiger charge is -2.22. The van der Waals surface area contributed by atoms with Gasteiger partial charge in [0, 0.05) is 37.5 Å². The molecule has 27 heavy (non-hydrogen) atoms. The summed E-state index contributed by atoms with van der Waals surface area (Å²) in [5.74, 6) is 0.565. The molecule has 2 N–H and O–H groups in total. The Morgan fingerprint density at radius 1 is 1.30 bits per heavy atom. The highest BCUT2D eigenvalue weighted by Crippen LogP contribution is 2.30. The van der Waals surface area contributed by atoms with E-state index in [4.69, 9.17) is 4.74 Å². The number of hydrogen-bond acceptors (Lipinski definition) is 4. The Morgan fingerprint density at radius 2 is 2.04 bits per heavy atom. The molecule has 7 nitrogen and oxygen atoms in total. The molecule has 0 bridgehead atoms. The molecule has 0 saturated carbocycles. The fourth-order valence-corrected chi connectivity index (χ4v) is 2.73. The number of urea groups is 1. The topological polar surface area (TPSA) is 77.4 Å². The van der Waals surface area contributed by atoms with Crippen molar-refractivity contribution in [3.05, 3.63) is 36.2 Å². The number of aromatic nitrogens is 2. The summed E-state index contributed by atoms with van der Waals surface area (Å²) in [5.41, 5.74) is 1.09. The van der Waals surface area contributed by atoms with Crippen molar-refractivity contribution in [1.82, 2.24) is 15.1 Å². The Balaban J connectivity index is 2.07. The quantitative estimate of drug-likeness (QED) is 0.731. The van der Waals surface area contributed by atoms with Crippen molar-refractivity contribution < 1.29 is 23.0 Å². The van der Waals surface area contributed by atoms with Crippen LogP contribution < -0.4 is 20.1 Å². The third-order valence-electron chi connectivity index (χ3n) is 4.18. The molecule has 0 unspecified atom stereocenters. The van der Waals surface area contributed by atoms with Crippen molar-refractivity contribution in [2.45, 2.75) is 26.4 Å². The van der Waals surface area contributed by atoms with Crippen LogP contribution >= 0.6 is 0 Å². The number of aryl methyl sites for hydroxylation is 1. The number of halogens is 2. The number of anilines is 1. The van der Waals surface area contributed by atoms with Gasteiger partial charge in [0.1, 0.15) is 11.5 Å². The SMILES string of the molecule is COc1ccc(OC(F)F)c(NC(=O)NC[C@H](c2ccnn2C)C(C)C)c1. The maximum absolute atomic E-state index is 12.6. The number of ether oxygens (including phenoxy) is 2. The van der Waals surface area contributed by atoms with Gasteiger partial charge in [-0.2, -0.15) is 13.9 Å². The maximum atomic E-state index is 12.6. The average Bonchev–Trinajstić information content (AvgIpc) is 3.01. The zero-order chi connectivity index (χ0) is 20.0. The van der Waals surface area contributed by atoms with Crippen molar-refractivity contribution in [2.75, 3.05) is 19.0 Å². The van der Waals surface area contributed by atoms with Crippen molar-refractivity contribution in [2.24, 2.45) is 13.0 Å². The molecule has 1 aromatic carbocycles. The van der Waals surface area contributed by atoms with E-state index < -0.39 is 12.6 Å². The number of rotatable bonds is 8. The molecule has 0 aliphatic rings. The molecule has 0 aliphatic heterocycles. The number of carbonyl (C=O) groups excluding carboxylic acids is 1. The minimum atomic E-state index is -3.00. The van der Waals surface area contributed by atoms with Crippen LogP contribution in [0.25, 0.3) is 0 Å². The Labute approximate surface area is 156 Å². The first-order valence-corrected chi connectivity index (χ1v) is 8.47. The van der Waals surface area contributed by atoms with E-state index in [2.05, 4.69) is 20.5 Å². The van der Waals surface area contributed by atoms with Crippen LogP contribution in [0.3, 0.4) is 0 Å². The Kier molecular flexibility index (Phi) is 6.98. The monoisotopic (exact) mass is 382 g/mol. The molecule has 1 atom stereocenters. The second-order valence-corrected chi connectivity index (χ2v) is 6.31. The largest absolute Gasteiger partial charge is 0.497 e. The van der Waals surface area contributed by atoms with E-state index in [0.29, 0.717) is 12.3 Å². The lowest BCUT2D eigenvalue weighted by atomic mass is 9.92. The fraction of sp³-hybridized carbons (Fsp3) is 0.444. The fourth-order valence-electron chi connectivity index (χ4n) is 2.73. The molecule has 0 fully saturated rings. The minimum absolute atomic E-state index is 0.0466. The highest BCUT2D eigenvalue weighted by Gasteiger charge is 2.20. The van der Waals surface area contributed by atoms with Crippen LogP contribution in [0.2, 0.25) is 0 Å². The predicted octanol–water partition coefficient (Wildman–Crippen LogP) is 3.59. The molecular formula is C18H24F2N4O3. The van der Waals surface area contributed by atoms with E-state index in [9.17, 15) is 13.6 Å². The number of hydrogen-bond donors (Lipinski definition) is 2. The van der Waals surface area contributed by atoms with Gasteiger partial charge >= 0.3 is 12.6 Å². The normalized spacial score (nSPS) is 12.1. The third kappa shape index (κ3) is 5.57. The van der Waals surface area contributed by atoms with Crippen LogP contribution in [0.15, 0.2) is 30.5 Å². The van der Waals surface area contributed by atoms with Gasteiger partial charge in [-0.25, -0.2) is 4.79 Å². The number of nitrogens with zero attached hydrogens (tertiary/aromatic N) is 2. The zero-order valence-electron chi connectivity index (χ0n) is 15.7. The summed E-state index contributed by atoms with van der Waals surface area (Å²) in [5, 5.41) is 9.46. The highest BCUT2D eigenvalue weighted by molar-refractivity contribution is 5.91. The summed E-state index contributed by atoms with van der Waals surface area (Å²) in [7, 11) is 3.28. The van der Waals surface area contributed by atoms with Crippen LogP contribution in [0.4, 0.5) is 19.3 Å². The second kappa shape index (κ2) is 9.20. The molecule has 2 aromatic rings. The second-order valence-electron chi connectivity index (χ2n) is 6.31. The van der Waals surface area contributed by atoms with Gasteiger partial charge in [-0.05, 0) is 24.1 Å². The third-order valence-corrected chi connectivity index (χ3v) is 4.18. The van der Waals surface area contributed by atoms with Gasteiger partial charge in [0.05, 0.1) is 12.8 Å². The van der Waals surface area contributed by atoms with E-state index in [0.717, 1.165) is 5.69 Å². The average molecular weight is 382 g/mol. The van der Waals surface area contributed by atoms with Crippen LogP contribution in [-0.2, 0) is 7.05 Å². The molecule has 148 valence electrons. The molecule has 2 rings (SSSR count). The summed E-state index contributed by atoms with van der Waals surface area (Å²) in [6.45, 7) is 1.46. The van der Waals surface area contributed by atoms with Gasteiger partial charge in [-0.15, -0.1) is 0 Å². The molecule has 0 spiro atoms. The van der Waals surface area contributed by atoms with Crippen LogP contribution in [0, 0.1) is 5.92 Å². The van der Waals surface area contributed by atoms with E-state index in [1.165, 1.54) is 25.3 Å². The van der Waals surface area contributed by atoms with Gasteiger partial charge in [0.2, 0.25) is 0 Å². The first-order valence-electron chi connectivity index (χ1n) is 8.47. The number of amides is 2. The predicted molar refractivity (Wildman–Crippen MR) is 97.4 cm³/mol. The lowest BCUT2D eigenvalue weighted by Crippen LogP contribution is -2.34. The number of methoxy groups -OCH3 is 1. The van der Waals surface area contributed by atoms with Gasteiger partial charge < -0.3 is 20.1 Å². The Hall–Kier alpha value is -2.84. The molecule has 1 aromatic heterocycles. The van der Waals surface area contributed by atoms with Crippen LogP contribution in [0.1, 0.15) is 25.5 Å². The van der Waals surface area contributed by atoms with E-state index >= 15 is 0 Å². The summed E-state index contributed by atoms with van der Waals surface area (Å²) < 4.78 is 36.4. The van der Waals surface area contributed by atoms with Crippen molar-refractivity contribution in [1.29, 1.82) is 0 Å². The molecule has 0 aliphatic carbocycles. The highest BCUT2D eigenvalue weighted by atomic mass is 19.3. The van der Waals surface area contributed by atoms with Gasteiger partial charge in [0.25, 0.3) is 0 Å². The molecular weight excluding hydrogens is 358 g/mol. The number of alkyl halides is 2. The minimum Gasteiger partial charge on any atom is -0.497 e. The van der Waals surface area contributed by atoms with Crippen molar-refractivity contribution in [3.8, 4) is 11.5 Å². The molecule has 9 heteroatoms. The number of carbonyl (C=O) groups is 1. The maximum Gasteiger partial charge on any atom is 0.387 e. The van der Waals surface area contributed by atoms with Gasteiger partial charge in [0.15, 0.2) is 0 Å².